The molecule has 0 saturated carbocycles. The Morgan fingerprint density at radius 3 is 2.62 bits per heavy atom. The number of alkyl halides is 3. The monoisotopic (exact) mass is 304 g/mol. The highest BCUT2D eigenvalue weighted by atomic mass is 19.4. The van der Waals surface area contributed by atoms with Gasteiger partial charge in [-0.15, -0.1) is 0 Å². The summed E-state index contributed by atoms with van der Waals surface area (Å²) in [7, 11) is 0. The minimum atomic E-state index is -4.43. The van der Waals surface area contributed by atoms with E-state index in [-0.39, 0.29) is 6.04 Å². The molecule has 1 amide bonds. The number of hydrogen-bond donors (Lipinski definition) is 2. The lowest BCUT2D eigenvalue weighted by Crippen LogP contribution is -2.25. The first-order valence-electron chi connectivity index (χ1n) is 6.60. The van der Waals surface area contributed by atoms with Crippen LogP contribution in [0.2, 0.25) is 0 Å². The van der Waals surface area contributed by atoms with Gasteiger partial charge in [-0.2, -0.15) is 13.2 Å². The fourth-order valence-electron chi connectivity index (χ4n) is 1.85. The Hall–Kier alpha value is -1.60. The van der Waals surface area contributed by atoms with Gasteiger partial charge in [0.15, 0.2) is 0 Å². The normalized spacial score (nSPS) is 13.0. The second kappa shape index (κ2) is 7.99. The number of benzene rings is 1. The topological polar surface area (TPSA) is 50.4 Å². The van der Waals surface area contributed by atoms with Crippen molar-refractivity contribution in [1.29, 1.82) is 0 Å². The van der Waals surface area contributed by atoms with Crippen molar-refractivity contribution in [2.45, 2.75) is 26.1 Å². The molecule has 0 spiro atoms. The number of anilines is 1. The van der Waals surface area contributed by atoms with Crippen LogP contribution >= 0.6 is 0 Å². The van der Waals surface area contributed by atoms with E-state index in [1.807, 2.05) is 26.0 Å². The average Bonchev–Trinajstić information content (AvgIpc) is 2.38. The van der Waals surface area contributed by atoms with E-state index in [1.165, 1.54) is 0 Å². The van der Waals surface area contributed by atoms with Crippen LogP contribution in [0.25, 0.3) is 0 Å². The maximum atomic E-state index is 11.9. The quantitative estimate of drug-likeness (QED) is 0.814. The molecule has 118 valence electrons. The molecule has 4 nitrogen and oxygen atoms in total. The SMILES string of the molecule is CCNC(C)c1ccccc1NC(=O)COCC(F)(F)F. The summed E-state index contributed by atoms with van der Waals surface area (Å²) < 4.78 is 40.1. The smallest absolute Gasteiger partial charge is 0.362 e. The van der Waals surface area contributed by atoms with E-state index in [4.69, 9.17) is 0 Å². The summed E-state index contributed by atoms with van der Waals surface area (Å²) in [4.78, 5) is 11.6. The lowest BCUT2D eigenvalue weighted by Gasteiger charge is -2.17. The molecule has 0 heterocycles. The zero-order valence-corrected chi connectivity index (χ0v) is 12.0. The van der Waals surface area contributed by atoms with Crippen molar-refractivity contribution in [1.82, 2.24) is 5.32 Å². The zero-order chi connectivity index (χ0) is 15.9. The molecular formula is C14H19F3N2O2. The van der Waals surface area contributed by atoms with Gasteiger partial charge in [-0.3, -0.25) is 4.79 Å². The highest BCUT2D eigenvalue weighted by Crippen LogP contribution is 2.22. The number of amides is 1. The molecular weight excluding hydrogens is 285 g/mol. The Morgan fingerprint density at radius 1 is 1.33 bits per heavy atom. The predicted octanol–water partition coefficient (Wildman–Crippen LogP) is 2.87. The van der Waals surface area contributed by atoms with Crippen LogP contribution in [0.3, 0.4) is 0 Å². The van der Waals surface area contributed by atoms with Crippen molar-refractivity contribution in [3.8, 4) is 0 Å². The molecule has 0 saturated heterocycles. The van der Waals surface area contributed by atoms with Crippen LogP contribution in [0.1, 0.15) is 25.5 Å². The maximum Gasteiger partial charge on any atom is 0.411 e. The van der Waals surface area contributed by atoms with Crippen molar-refractivity contribution < 1.29 is 22.7 Å². The van der Waals surface area contributed by atoms with Gasteiger partial charge in [-0.25, -0.2) is 0 Å². The second-order valence-corrected chi connectivity index (χ2v) is 4.52. The maximum absolute atomic E-state index is 11.9. The fraction of sp³-hybridized carbons (Fsp3) is 0.500. The molecule has 1 unspecified atom stereocenters. The van der Waals surface area contributed by atoms with Gasteiger partial charge < -0.3 is 15.4 Å². The van der Waals surface area contributed by atoms with E-state index < -0.39 is 25.3 Å². The van der Waals surface area contributed by atoms with Crippen molar-refractivity contribution >= 4 is 11.6 Å². The second-order valence-electron chi connectivity index (χ2n) is 4.52. The van der Waals surface area contributed by atoms with Crippen molar-refractivity contribution in [3.63, 3.8) is 0 Å². The standard InChI is InChI=1S/C14H19F3N2O2/c1-3-18-10(2)11-6-4-5-7-12(11)19-13(20)8-21-9-14(15,16)17/h4-7,10,18H,3,8-9H2,1-2H3,(H,19,20). The van der Waals surface area contributed by atoms with Crippen LogP contribution in [-0.2, 0) is 9.53 Å². The van der Waals surface area contributed by atoms with Crippen LogP contribution in [0.4, 0.5) is 18.9 Å². The largest absolute Gasteiger partial charge is 0.411 e. The first-order chi connectivity index (χ1) is 9.83. The van der Waals surface area contributed by atoms with Crippen molar-refractivity contribution in [2.24, 2.45) is 0 Å². The number of carbonyl (C=O) groups is 1. The molecule has 2 N–H and O–H groups in total. The summed E-state index contributed by atoms with van der Waals surface area (Å²) in [6, 6.07) is 7.14. The molecule has 0 aliphatic rings. The molecule has 0 aromatic heterocycles. The Bertz CT molecular complexity index is 464. The third-order valence-electron chi connectivity index (χ3n) is 2.71. The Balaban J connectivity index is 2.60. The molecule has 0 radical (unpaired) electrons. The summed E-state index contributed by atoms with van der Waals surface area (Å²) >= 11 is 0. The Morgan fingerprint density at radius 2 is 2.00 bits per heavy atom. The van der Waals surface area contributed by atoms with E-state index in [2.05, 4.69) is 15.4 Å². The molecule has 7 heteroatoms. The van der Waals surface area contributed by atoms with E-state index in [9.17, 15) is 18.0 Å². The molecule has 1 aromatic rings. The highest BCUT2D eigenvalue weighted by molar-refractivity contribution is 5.92. The fourth-order valence-corrected chi connectivity index (χ4v) is 1.85. The number of rotatable bonds is 7. The van der Waals surface area contributed by atoms with Gasteiger partial charge in [0, 0.05) is 11.7 Å². The zero-order valence-electron chi connectivity index (χ0n) is 12.0. The Kier molecular flexibility index (Phi) is 6.64. The van der Waals surface area contributed by atoms with Gasteiger partial charge in [-0.1, -0.05) is 25.1 Å². The van der Waals surface area contributed by atoms with E-state index >= 15 is 0 Å². The van der Waals surface area contributed by atoms with Crippen LogP contribution in [0.15, 0.2) is 24.3 Å². The van der Waals surface area contributed by atoms with Gasteiger partial charge in [0.05, 0.1) is 0 Å². The summed E-state index contributed by atoms with van der Waals surface area (Å²) in [6.07, 6.45) is -4.43. The molecule has 0 bridgehead atoms. The van der Waals surface area contributed by atoms with Crippen molar-refractivity contribution in [2.75, 3.05) is 25.1 Å². The number of carbonyl (C=O) groups excluding carboxylic acids is 1. The molecule has 1 atom stereocenters. The third-order valence-corrected chi connectivity index (χ3v) is 2.71. The van der Waals surface area contributed by atoms with Crippen LogP contribution < -0.4 is 10.6 Å². The van der Waals surface area contributed by atoms with Crippen LogP contribution in [-0.4, -0.2) is 31.8 Å². The number of halogens is 3. The number of nitrogens with one attached hydrogen (secondary N) is 2. The number of ether oxygens (including phenoxy) is 1. The van der Waals surface area contributed by atoms with Crippen molar-refractivity contribution in [3.05, 3.63) is 29.8 Å². The lowest BCUT2D eigenvalue weighted by molar-refractivity contribution is -0.174. The van der Waals surface area contributed by atoms with Crippen LogP contribution in [0.5, 0.6) is 0 Å². The minimum absolute atomic E-state index is 0.0163. The van der Waals surface area contributed by atoms with E-state index in [0.29, 0.717) is 5.69 Å². The number of para-hydroxylation sites is 1. The molecule has 0 aliphatic heterocycles. The first-order valence-corrected chi connectivity index (χ1v) is 6.60. The molecule has 21 heavy (non-hydrogen) atoms. The summed E-state index contributed by atoms with van der Waals surface area (Å²) in [6.45, 7) is 2.59. The van der Waals surface area contributed by atoms with Gasteiger partial charge in [-0.05, 0) is 25.1 Å². The van der Waals surface area contributed by atoms with E-state index in [0.717, 1.165) is 12.1 Å². The molecule has 0 fully saturated rings. The summed E-state index contributed by atoms with van der Waals surface area (Å²) in [5.41, 5.74) is 1.43. The van der Waals surface area contributed by atoms with Gasteiger partial charge in [0.1, 0.15) is 13.2 Å². The van der Waals surface area contributed by atoms with Gasteiger partial charge in [0.25, 0.3) is 0 Å². The minimum Gasteiger partial charge on any atom is -0.362 e. The average molecular weight is 304 g/mol. The molecule has 1 aromatic carbocycles. The van der Waals surface area contributed by atoms with Gasteiger partial charge >= 0.3 is 6.18 Å². The highest BCUT2D eigenvalue weighted by Gasteiger charge is 2.27. The lowest BCUT2D eigenvalue weighted by atomic mass is 10.1. The number of hydrogen-bond acceptors (Lipinski definition) is 3. The predicted molar refractivity (Wildman–Crippen MR) is 74.0 cm³/mol. The van der Waals surface area contributed by atoms with E-state index in [1.54, 1.807) is 12.1 Å². The first kappa shape index (κ1) is 17.5. The van der Waals surface area contributed by atoms with Gasteiger partial charge in [0.2, 0.25) is 5.91 Å². The summed E-state index contributed by atoms with van der Waals surface area (Å²) in [5, 5.41) is 5.77. The molecule has 1 rings (SSSR count). The Labute approximate surface area is 121 Å². The van der Waals surface area contributed by atoms with Crippen LogP contribution in [0, 0.1) is 0 Å². The molecule has 0 aliphatic carbocycles. The summed E-state index contributed by atoms with van der Waals surface area (Å²) in [5.74, 6) is -0.615. The third kappa shape index (κ3) is 6.59.